The zero-order chi connectivity index (χ0) is 13.7. The van der Waals surface area contributed by atoms with E-state index in [4.69, 9.17) is 4.98 Å². The monoisotopic (exact) mass is 282 g/mol. The lowest BCUT2D eigenvalue weighted by Gasteiger charge is -2.31. The van der Waals surface area contributed by atoms with Crippen molar-refractivity contribution < 1.29 is 0 Å². The predicted molar refractivity (Wildman–Crippen MR) is 81.6 cm³/mol. The van der Waals surface area contributed by atoms with E-state index < -0.39 is 0 Å². The van der Waals surface area contributed by atoms with E-state index in [1.165, 1.54) is 48.2 Å². The molecule has 5 heteroatoms. The van der Waals surface area contributed by atoms with Crippen molar-refractivity contribution in [3.8, 4) is 0 Å². The molecule has 1 aromatic rings. The number of hydrogen-bond acceptors (Lipinski definition) is 5. The van der Waals surface area contributed by atoms with Crippen molar-refractivity contribution in [3.05, 3.63) is 15.6 Å². The summed E-state index contributed by atoms with van der Waals surface area (Å²) in [7, 11) is 2.20. The quantitative estimate of drug-likeness (QED) is 0.805. The van der Waals surface area contributed by atoms with Gasteiger partial charge in [-0.05, 0) is 26.9 Å². The van der Waals surface area contributed by atoms with Crippen LogP contribution in [0.25, 0.3) is 0 Å². The van der Waals surface area contributed by atoms with Crippen molar-refractivity contribution in [2.24, 2.45) is 0 Å². The summed E-state index contributed by atoms with van der Waals surface area (Å²) in [6.45, 7) is 12.1. The first-order valence-electron chi connectivity index (χ1n) is 7.26. The van der Waals surface area contributed by atoms with Gasteiger partial charge in [0.05, 0.1) is 12.2 Å². The van der Waals surface area contributed by atoms with Crippen LogP contribution in [0.15, 0.2) is 0 Å². The standard InChI is InChI=1S/C14H26N4S/c1-4-5-15-10-13-12(2)16-14(19-13)11-18-8-6-17(3)7-9-18/h15H,4-11H2,1-3H3. The minimum Gasteiger partial charge on any atom is -0.312 e. The van der Waals surface area contributed by atoms with Gasteiger partial charge in [0.25, 0.3) is 0 Å². The number of aryl methyl sites for hydroxylation is 1. The van der Waals surface area contributed by atoms with Crippen LogP contribution >= 0.6 is 11.3 Å². The molecular formula is C14H26N4S. The van der Waals surface area contributed by atoms with Gasteiger partial charge in [-0.1, -0.05) is 6.92 Å². The predicted octanol–water partition coefficient (Wildman–Crippen LogP) is 1.70. The van der Waals surface area contributed by atoms with Gasteiger partial charge in [-0.15, -0.1) is 11.3 Å². The number of thiazole rings is 1. The van der Waals surface area contributed by atoms with Crippen LogP contribution in [0.3, 0.4) is 0 Å². The van der Waals surface area contributed by atoms with E-state index in [0.717, 1.165) is 19.6 Å². The molecule has 0 radical (unpaired) electrons. The second-order valence-corrected chi connectivity index (χ2v) is 6.54. The molecule has 2 rings (SSSR count). The third-order valence-electron chi connectivity index (χ3n) is 3.60. The van der Waals surface area contributed by atoms with Crippen LogP contribution in [0.5, 0.6) is 0 Å². The number of piperazine rings is 1. The van der Waals surface area contributed by atoms with Crippen molar-refractivity contribution in [1.82, 2.24) is 20.1 Å². The van der Waals surface area contributed by atoms with E-state index in [1.54, 1.807) is 0 Å². The molecule has 0 saturated carbocycles. The molecule has 0 amide bonds. The molecule has 1 fully saturated rings. The molecule has 0 atom stereocenters. The Labute approximate surface area is 120 Å². The van der Waals surface area contributed by atoms with Crippen LogP contribution < -0.4 is 5.32 Å². The number of likely N-dealkylation sites (N-methyl/N-ethyl adjacent to an activating group) is 1. The van der Waals surface area contributed by atoms with Crippen LogP contribution in [0, 0.1) is 6.92 Å². The van der Waals surface area contributed by atoms with Crippen molar-refractivity contribution in [1.29, 1.82) is 0 Å². The van der Waals surface area contributed by atoms with E-state index in [1.807, 2.05) is 11.3 Å². The summed E-state index contributed by atoms with van der Waals surface area (Å²) >= 11 is 1.88. The molecule has 19 heavy (non-hydrogen) atoms. The van der Waals surface area contributed by atoms with Crippen molar-refractivity contribution in [2.75, 3.05) is 39.8 Å². The fourth-order valence-electron chi connectivity index (χ4n) is 2.30. The van der Waals surface area contributed by atoms with Crippen LogP contribution in [0.1, 0.15) is 28.9 Å². The third-order valence-corrected chi connectivity index (χ3v) is 4.75. The molecule has 1 N–H and O–H groups in total. The van der Waals surface area contributed by atoms with Gasteiger partial charge < -0.3 is 10.2 Å². The minimum atomic E-state index is 0.972. The molecule has 2 heterocycles. The van der Waals surface area contributed by atoms with Crippen LogP contribution in [0.2, 0.25) is 0 Å². The molecule has 0 aromatic carbocycles. The van der Waals surface area contributed by atoms with E-state index in [-0.39, 0.29) is 0 Å². The van der Waals surface area contributed by atoms with Crippen molar-refractivity contribution in [2.45, 2.75) is 33.4 Å². The second-order valence-electron chi connectivity index (χ2n) is 5.37. The largest absolute Gasteiger partial charge is 0.312 e. The lowest BCUT2D eigenvalue weighted by Crippen LogP contribution is -2.43. The Hall–Kier alpha value is -0.490. The molecule has 1 aliphatic rings. The molecule has 0 aliphatic carbocycles. The summed E-state index contributed by atoms with van der Waals surface area (Å²) in [5.41, 5.74) is 1.21. The Morgan fingerprint density at radius 1 is 1.26 bits per heavy atom. The third kappa shape index (κ3) is 4.53. The second kappa shape index (κ2) is 7.33. The van der Waals surface area contributed by atoms with Crippen molar-refractivity contribution >= 4 is 11.3 Å². The Morgan fingerprint density at radius 2 is 2.00 bits per heavy atom. The van der Waals surface area contributed by atoms with Crippen LogP contribution in [-0.4, -0.2) is 54.6 Å². The van der Waals surface area contributed by atoms with Gasteiger partial charge >= 0.3 is 0 Å². The maximum absolute atomic E-state index is 4.73. The number of hydrogen-bond donors (Lipinski definition) is 1. The highest BCUT2D eigenvalue weighted by Gasteiger charge is 2.16. The maximum Gasteiger partial charge on any atom is 0.107 e. The number of nitrogens with one attached hydrogen (secondary N) is 1. The summed E-state index contributed by atoms with van der Waals surface area (Å²) in [5.74, 6) is 0. The highest BCUT2D eigenvalue weighted by molar-refractivity contribution is 7.11. The average molecular weight is 282 g/mol. The van der Waals surface area contributed by atoms with E-state index in [2.05, 4.69) is 36.0 Å². The molecule has 0 unspecified atom stereocenters. The summed E-state index contributed by atoms with van der Waals surface area (Å²) in [4.78, 5) is 11.0. The first kappa shape index (κ1) is 14.9. The number of nitrogens with zero attached hydrogens (tertiary/aromatic N) is 3. The molecule has 1 aromatic heterocycles. The summed E-state index contributed by atoms with van der Waals surface area (Å²) in [6.07, 6.45) is 1.19. The van der Waals surface area contributed by atoms with Gasteiger partial charge in [-0.3, -0.25) is 4.90 Å². The lowest BCUT2D eigenvalue weighted by atomic mass is 10.3. The van der Waals surface area contributed by atoms with Gasteiger partial charge in [0.2, 0.25) is 0 Å². The van der Waals surface area contributed by atoms with Gasteiger partial charge in [0, 0.05) is 37.6 Å². The fourth-order valence-corrected chi connectivity index (χ4v) is 3.38. The molecule has 4 nitrogen and oxygen atoms in total. The smallest absolute Gasteiger partial charge is 0.107 e. The molecule has 1 saturated heterocycles. The van der Waals surface area contributed by atoms with Gasteiger partial charge in [-0.25, -0.2) is 4.98 Å². The minimum absolute atomic E-state index is 0.972. The Morgan fingerprint density at radius 3 is 2.68 bits per heavy atom. The summed E-state index contributed by atoms with van der Waals surface area (Å²) < 4.78 is 0. The van der Waals surface area contributed by atoms with E-state index >= 15 is 0 Å². The zero-order valence-electron chi connectivity index (χ0n) is 12.4. The topological polar surface area (TPSA) is 31.4 Å². The first-order valence-corrected chi connectivity index (χ1v) is 8.07. The Bertz CT molecular complexity index is 383. The van der Waals surface area contributed by atoms with Gasteiger partial charge in [0.1, 0.15) is 5.01 Å². The van der Waals surface area contributed by atoms with Gasteiger partial charge in [0.15, 0.2) is 0 Å². The van der Waals surface area contributed by atoms with Crippen LogP contribution in [0.4, 0.5) is 0 Å². The SMILES string of the molecule is CCCNCc1sc(CN2CCN(C)CC2)nc1C. The first-order chi connectivity index (χ1) is 9.19. The summed E-state index contributed by atoms with van der Waals surface area (Å²) in [6, 6.07) is 0. The average Bonchev–Trinajstić information content (AvgIpc) is 2.73. The number of aromatic nitrogens is 1. The highest BCUT2D eigenvalue weighted by Crippen LogP contribution is 2.19. The Balaban J connectivity index is 1.85. The normalized spacial score (nSPS) is 18.1. The van der Waals surface area contributed by atoms with Crippen molar-refractivity contribution in [3.63, 3.8) is 0 Å². The highest BCUT2D eigenvalue weighted by atomic mass is 32.1. The van der Waals surface area contributed by atoms with E-state index in [0.29, 0.717) is 0 Å². The molecule has 0 bridgehead atoms. The maximum atomic E-state index is 4.73. The molecule has 0 spiro atoms. The van der Waals surface area contributed by atoms with Gasteiger partial charge in [-0.2, -0.15) is 0 Å². The fraction of sp³-hybridized carbons (Fsp3) is 0.786. The lowest BCUT2D eigenvalue weighted by molar-refractivity contribution is 0.148. The van der Waals surface area contributed by atoms with Crippen LogP contribution in [-0.2, 0) is 13.1 Å². The molecule has 108 valence electrons. The molecular weight excluding hydrogens is 256 g/mol. The van der Waals surface area contributed by atoms with E-state index in [9.17, 15) is 0 Å². The summed E-state index contributed by atoms with van der Waals surface area (Å²) in [5, 5.41) is 4.74. The molecule has 1 aliphatic heterocycles. The number of rotatable bonds is 6. The zero-order valence-corrected chi connectivity index (χ0v) is 13.2. The Kier molecular flexibility index (Phi) is 5.76.